The van der Waals surface area contributed by atoms with Crippen molar-refractivity contribution in [2.45, 2.75) is 18.1 Å². The monoisotopic (exact) mass is 353 g/mol. The number of nitriles is 1. The third-order valence-electron chi connectivity index (χ3n) is 4.71. The lowest BCUT2D eigenvalue weighted by Gasteiger charge is -2.23. The summed E-state index contributed by atoms with van der Waals surface area (Å²) < 4.78 is 16.3. The molecule has 0 bridgehead atoms. The van der Waals surface area contributed by atoms with E-state index < -0.39 is 17.5 Å². The summed E-state index contributed by atoms with van der Waals surface area (Å²) in [6, 6.07) is 12.9. The predicted molar refractivity (Wildman–Crippen MR) is 90.5 cm³/mol. The molecule has 0 radical (unpaired) electrons. The largest absolute Gasteiger partial charge is 0.379 e. The van der Waals surface area contributed by atoms with Crippen LogP contribution in [0.4, 0.5) is 4.39 Å². The molecule has 2 heterocycles. The van der Waals surface area contributed by atoms with E-state index in [-0.39, 0.29) is 12.0 Å². The van der Waals surface area contributed by atoms with Crippen LogP contribution in [0.3, 0.4) is 0 Å². The zero-order chi connectivity index (χ0) is 17.6. The van der Waals surface area contributed by atoms with Gasteiger partial charge in [0.15, 0.2) is 0 Å². The van der Waals surface area contributed by atoms with E-state index in [0.29, 0.717) is 21.8 Å². The number of imidazole rings is 1. The lowest BCUT2D eigenvalue weighted by atomic mass is 9.86. The maximum atomic E-state index is 14.5. The Morgan fingerprint density at radius 3 is 2.88 bits per heavy atom. The highest BCUT2D eigenvalue weighted by Gasteiger charge is 2.45. The first-order valence-corrected chi connectivity index (χ1v) is 8.11. The zero-order valence-electron chi connectivity index (χ0n) is 13.0. The van der Waals surface area contributed by atoms with Crippen molar-refractivity contribution in [1.82, 2.24) is 9.55 Å². The fraction of sp³-hybridized carbons (Fsp3) is 0.158. The molecule has 1 aliphatic rings. The Morgan fingerprint density at radius 2 is 2.16 bits per heavy atom. The lowest BCUT2D eigenvalue weighted by molar-refractivity contribution is 0.0792. The molecule has 4 nitrogen and oxygen atoms in total. The summed E-state index contributed by atoms with van der Waals surface area (Å²) in [5, 5.41) is 20.8. The van der Waals surface area contributed by atoms with Crippen LogP contribution in [0, 0.1) is 17.1 Å². The van der Waals surface area contributed by atoms with Crippen LogP contribution in [0.5, 0.6) is 0 Å². The second kappa shape index (κ2) is 5.69. The van der Waals surface area contributed by atoms with Gasteiger partial charge in [-0.2, -0.15) is 5.26 Å². The number of aliphatic hydroxyl groups is 1. The smallest absolute Gasteiger partial charge is 0.133 e. The summed E-state index contributed by atoms with van der Waals surface area (Å²) in [4.78, 5) is 4.12. The third-order valence-corrected chi connectivity index (χ3v) is 4.94. The Hall–Kier alpha value is -2.68. The molecule has 2 aromatic carbocycles. The van der Waals surface area contributed by atoms with Crippen molar-refractivity contribution in [3.8, 4) is 6.07 Å². The van der Waals surface area contributed by atoms with Crippen LogP contribution in [0.2, 0.25) is 5.02 Å². The van der Waals surface area contributed by atoms with Crippen LogP contribution in [-0.4, -0.2) is 14.7 Å². The second-order valence-electron chi connectivity index (χ2n) is 6.12. The first-order valence-electron chi connectivity index (χ1n) is 7.73. The Kier molecular flexibility index (Phi) is 3.60. The highest BCUT2D eigenvalue weighted by Crippen LogP contribution is 2.47. The summed E-state index contributed by atoms with van der Waals surface area (Å²) in [5.41, 5.74) is 0.583. The molecule has 1 aliphatic heterocycles. The number of hydrogen-bond donors (Lipinski definition) is 1. The molecule has 1 aromatic heterocycles. The van der Waals surface area contributed by atoms with Gasteiger partial charge in [-0.3, -0.25) is 0 Å². The van der Waals surface area contributed by atoms with Crippen molar-refractivity contribution < 1.29 is 9.50 Å². The summed E-state index contributed by atoms with van der Waals surface area (Å²) in [5.74, 6) is -0.473. The summed E-state index contributed by atoms with van der Waals surface area (Å²) in [6.45, 7) is 0. The first-order chi connectivity index (χ1) is 12.0. The maximum Gasteiger partial charge on any atom is 0.133 e. The van der Waals surface area contributed by atoms with Crippen LogP contribution >= 0.6 is 11.6 Å². The predicted octanol–water partition coefficient (Wildman–Crippen LogP) is 3.78. The maximum absolute atomic E-state index is 14.5. The Morgan fingerprint density at radius 1 is 1.32 bits per heavy atom. The average molecular weight is 354 g/mol. The SMILES string of the molecule is N#Cc1ccc(C2CC(O)(c3cccc(Cl)c3)c3cncn32)c(F)c1. The van der Waals surface area contributed by atoms with Crippen molar-refractivity contribution >= 4 is 11.6 Å². The molecule has 6 heteroatoms. The average Bonchev–Trinajstić information content (AvgIpc) is 3.19. The molecule has 0 amide bonds. The van der Waals surface area contributed by atoms with Crippen LogP contribution in [0.1, 0.15) is 34.8 Å². The van der Waals surface area contributed by atoms with Crippen LogP contribution in [-0.2, 0) is 5.60 Å². The molecule has 0 saturated heterocycles. The second-order valence-corrected chi connectivity index (χ2v) is 6.56. The first kappa shape index (κ1) is 15.8. The van der Waals surface area contributed by atoms with Gasteiger partial charge in [-0.1, -0.05) is 29.8 Å². The van der Waals surface area contributed by atoms with Gasteiger partial charge in [-0.15, -0.1) is 0 Å². The molecule has 3 aromatic rings. The van der Waals surface area contributed by atoms with E-state index >= 15 is 0 Å². The molecular weight excluding hydrogens is 341 g/mol. The molecule has 0 aliphatic carbocycles. The van der Waals surface area contributed by atoms with Gasteiger partial charge in [0.05, 0.1) is 35.9 Å². The zero-order valence-corrected chi connectivity index (χ0v) is 13.8. The van der Waals surface area contributed by atoms with Crippen molar-refractivity contribution in [3.05, 3.63) is 88.2 Å². The fourth-order valence-corrected chi connectivity index (χ4v) is 3.68. The molecule has 1 N–H and O–H groups in total. The molecule has 0 fully saturated rings. The van der Waals surface area contributed by atoms with Crippen LogP contribution in [0.15, 0.2) is 55.0 Å². The molecule has 0 saturated carbocycles. The third kappa shape index (κ3) is 2.42. The summed E-state index contributed by atoms with van der Waals surface area (Å²) in [6.07, 6.45) is 3.43. The van der Waals surface area contributed by atoms with Crippen molar-refractivity contribution in [2.75, 3.05) is 0 Å². The molecular formula is C19H13ClFN3O. The quantitative estimate of drug-likeness (QED) is 0.762. The topological polar surface area (TPSA) is 61.8 Å². The number of hydrogen-bond acceptors (Lipinski definition) is 3. The van der Waals surface area contributed by atoms with Crippen LogP contribution < -0.4 is 0 Å². The molecule has 2 unspecified atom stereocenters. The number of benzene rings is 2. The van der Waals surface area contributed by atoms with Gasteiger partial charge in [-0.25, -0.2) is 9.37 Å². The van der Waals surface area contributed by atoms with Gasteiger partial charge in [0, 0.05) is 17.0 Å². The Labute approximate surface area is 148 Å². The normalized spacial score (nSPS) is 21.8. The summed E-state index contributed by atoms with van der Waals surface area (Å²) >= 11 is 6.07. The number of aromatic nitrogens is 2. The lowest BCUT2D eigenvalue weighted by Crippen LogP contribution is -2.24. The van der Waals surface area contributed by atoms with Crippen molar-refractivity contribution in [3.63, 3.8) is 0 Å². The number of halogens is 2. The van der Waals surface area contributed by atoms with Gasteiger partial charge in [0.25, 0.3) is 0 Å². The van der Waals surface area contributed by atoms with E-state index in [4.69, 9.17) is 16.9 Å². The van der Waals surface area contributed by atoms with Crippen LogP contribution in [0.25, 0.3) is 0 Å². The van der Waals surface area contributed by atoms with Gasteiger partial charge < -0.3 is 9.67 Å². The minimum absolute atomic E-state index is 0.258. The summed E-state index contributed by atoms with van der Waals surface area (Å²) in [7, 11) is 0. The molecule has 2 atom stereocenters. The molecule has 124 valence electrons. The van der Waals surface area contributed by atoms with E-state index in [9.17, 15) is 9.50 Å². The number of rotatable bonds is 2. The molecule has 25 heavy (non-hydrogen) atoms. The standard InChI is InChI=1S/C19H13ClFN3O/c20-14-3-1-2-13(7-14)19(25)8-17(24-11-23-10-18(19)24)15-5-4-12(9-22)6-16(15)21/h1-7,10-11,17,25H,8H2. The fourth-order valence-electron chi connectivity index (χ4n) is 3.49. The number of nitrogens with zero attached hydrogens (tertiary/aromatic N) is 3. The minimum Gasteiger partial charge on any atom is -0.379 e. The minimum atomic E-state index is -1.31. The van der Waals surface area contributed by atoms with Crippen molar-refractivity contribution in [2.24, 2.45) is 0 Å². The van der Waals surface area contributed by atoms with E-state index in [0.717, 1.165) is 0 Å². The van der Waals surface area contributed by atoms with Gasteiger partial charge in [-0.05, 0) is 29.8 Å². The Balaban J connectivity index is 1.83. The Bertz CT molecular complexity index is 1010. The van der Waals surface area contributed by atoms with E-state index in [2.05, 4.69) is 4.98 Å². The van der Waals surface area contributed by atoms with Gasteiger partial charge in [0.1, 0.15) is 11.4 Å². The van der Waals surface area contributed by atoms with Crippen molar-refractivity contribution in [1.29, 1.82) is 5.26 Å². The van der Waals surface area contributed by atoms with Gasteiger partial charge in [0.2, 0.25) is 0 Å². The number of fused-ring (bicyclic) bond motifs is 1. The molecule has 0 spiro atoms. The van der Waals surface area contributed by atoms with E-state index in [1.54, 1.807) is 53.5 Å². The van der Waals surface area contributed by atoms with E-state index in [1.165, 1.54) is 6.07 Å². The highest BCUT2D eigenvalue weighted by atomic mass is 35.5. The van der Waals surface area contributed by atoms with E-state index in [1.807, 2.05) is 6.07 Å². The van der Waals surface area contributed by atoms with Gasteiger partial charge >= 0.3 is 0 Å². The highest BCUT2D eigenvalue weighted by molar-refractivity contribution is 6.30. The molecule has 4 rings (SSSR count).